The van der Waals surface area contributed by atoms with Gasteiger partial charge in [-0.15, -0.1) is 0 Å². The second-order valence-corrected chi connectivity index (χ2v) is 3.82. The van der Waals surface area contributed by atoms with Crippen molar-refractivity contribution >= 4 is 22.9 Å². The number of hydrogen-bond donors (Lipinski definition) is 2. The summed E-state index contributed by atoms with van der Waals surface area (Å²) in [4.78, 5) is 8.86. The van der Waals surface area contributed by atoms with Gasteiger partial charge in [-0.3, -0.25) is 9.88 Å². The Labute approximate surface area is 93.0 Å². The summed E-state index contributed by atoms with van der Waals surface area (Å²) in [6.45, 7) is 2.09. The normalized spacial score (nSPS) is 19.1. The van der Waals surface area contributed by atoms with Crippen LogP contribution in [0.25, 0.3) is 11.0 Å². The number of aromatic nitrogens is 2. The molecule has 5 nitrogen and oxygen atoms in total. The zero-order valence-electron chi connectivity index (χ0n) is 9.01. The van der Waals surface area contributed by atoms with Gasteiger partial charge in [-0.1, -0.05) is 19.1 Å². The van der Waals surface area contributed by atoms with E-state index in [-0.39, 0.29) is 6.17 Å². The van der Waals surface area contributed by atoms with Crippen LogP contribution in [-0.4, -0.2) is 15.5 Å². The molecule has 0 saturated carbocycles. The van der Waals surface area contributed by atoms with Crippen LogP contribution in [0.4, 0.5) is 5.95 Å². The number of nitrogens with one attached hydrogen (secondary N) is 1. The van der Waals surface area contributed by atoms with Gasteiger partial charge in [0.2, 0.25) is 5.95 Å². The minimum atomic E-state index is 0.0450. The van der Waals surface area contributed by atoms with Crippen molar-refractivity contribution in [2.45, 2.75) is 19.5 Å². The molecule has 0 saturated heterocycles. The number of para-hydroxylation sites is 2. The van der Waals surface area contributed by atoms with Gasteiger partial charge in [0, 0.05) is 0 Å². The molecule has 1 unspecified atom stereocenters. The summed E-state index contributed by atoms with van der Waals surface area (Å²) in [7, 11) is 0. The Morgan fingerprint density at radius 1 is 1.44 bits per heavy atom. The number of benzene rings is 1. The fourth-order valence-electron chi connectivity index (χ4n) is 2.07. The van der Waals surface area contributed by atoms with Crippen molar-refractivity contribution in [1.82, 2.24) is 9.55 Å². The lowest BCUT2D eigenvalue weighted by Crippen LogP contribution is -2.30. The van der Waals surface area contributed by atoms with Crippen LogP contribution in [-0.2, 0) is 0 Å². The van der Waals surface area contributed by atoms with Crippen LogP contribution in [0, 0.1) is 0 Å². The van der Waals surface area contributed by atoms with Gasteiger partial charge >= 0.3 is 0 Å². The topological polar surface area (TPSA) is 68.2 Å². The molecular weight excluding hydrogens is 202 g/mol. The van der Waals surface area contributed by atoms with E-state index in [2.05, 4.69) is 26.8 Å². The first-order valence-corrected chi connectivity index (χ1v) is 5.37. The Morgan fingerprint density at radius 3 is 3.06 bits per heavy atom. The summed E-state index contributed by atoms with van der Waals surface area (Å²) >= 11 is 0. The number of nitrogens with two attached hydrogens (primary N) is 1. The quantitative estimate of drug-likeness (QED) is 0.760. The van der Waals surface area contributed by atoms with Gasteiger partial charge in [0.25, 0.3) is 0 Å². The smallest absolute Gasteiger partial charge is 0.212 e. The van der Waals surface area contributed by atoms with Crippen LogP contribution in [0.5, 0.6) is 0 Å². The van der Waals surface area contributed by atoms with E-state index in [0.29, 0.717) is 5.96 Å². The van der Waals surface area contributed by atoms with Gasteiger partial charge in [-0.05, 0) is 18.6 Å². The van der Waals surface area contributed by atoms with Crippen molar-refractivity contribution in [3.63, 3.8) is 0 Å². The highest BCUT2D eigenvalue weighted by atomic mass is 15.4. The maximum Gasteiger partial charge on any atom is 0.212 e. The SMILES string of the molecule is CCC1N=C(N)Nc2nc3ccccc3n21. The highest BCUT2D eigenvalue weighted by Gasteiger charge is 2.21. The van der Waals surface area contributed by atoms with Crippen molar-refractivity contribution in [3.05, 3.63) is 24.3 Å². The molecule has 0 amide bonds. The molecular formula is C11H13N5. The summed E-state index contributed by atoms with van der Waals surface area (Å²) in [5, 5.41) is 2.99. The van der Waals surface area contributed by atoms with E-state index in [1.165, 1.54) is 0 Å². The van der Waals surface area contributed by atoms with Gasteiger partial charge in [-0.25, -0.2) is 9.98 Å². The molecule has 0 bridgehead atoms. The molecule has 0 radical (unpaired) electrons. The minimum Gasteiger partial charge on any atom is -0.370 e. The van der Waals surface area contributed by atoms with E-state index in [9.17, 15) is 0 Å². The number of guanidine groups is 1. The second-order valence-electron chi connectivity index (χ2n) is 3.82. The van der Waals surface area contributed by atoms with Crippen LogP contribution >= 0.6 is 0 Å². The van der Waals surface area contributed by atoms with Crippen molar-refractivity contribution in [3.8, 4) is 0 Å². The standard InChI is InChI=1S/C11H13N5/c1-2-9-14-10(12)15-11-13-7-5-3-4-6-8(7)16(9)11/h3-6,9H,2H2,1H3,(H3,12,13,14,15). The summed E-state index contributed by atoms with van der Waals surface area (Å²) < 4.78 is 2.09. The molecule has 3 N–H and O–H groups in total. The van der Waals surface area contributed by atoms with Crippen molar-refractivity contribution in [2.75, 3.05) is 5.32 Å². The number of rotatable bonds is 1. The maximum atomic E-state index is 5.72. The summed E-state index contributed by atoms with van der Waals surface area (Å²) in [6.07, 6.45) is 0.944. The average Bonchev–Trinajstić information content (AvgIpc) is 2.65. The zero-order chi connectivity index (χ0) is 11.1. The van der Waals surface area contributed by atoms with Gasteiger partial charge in [0.15, 0.2) is 5.96 Å². The third-order valence-corrected chi connectivity index (χ3v) is 2.79. The van der Waals surface area contributed by atoms with Crippen LogP contribution in [0.15, 0.2) is 29.3 Å². The Balaban J connectivity index is 2.27. The molecule has 1 aromatic carbocycles. The number of aliphatic imine (C=N–C) groups is 1. The van der Waals surface area contributed by atoms with Crippen LogP contribution in [0.2, 0.25) is 0 Å². The van der Waals surface area contributed by atoms with Crippen LogP contribution < -0.4 is 11.1 Å². The van der Waals surface area contributed by atoms with Gasteiger partial charge in [0.1, 0.15) is 6.17 Å². The molecule has 1 atom stereocenters. The Bertz CT molecular complexity index is 569. The molecule has 82 valence electrons. The lowest BCUT2D eigenvalue weighted by atomic mass is 10.3. The van der Waals surface area contributed by atoms with E-state index in [1.54, 1.807) is 0 Å². The zero-order valence-corrected chi connectivity index (χ0v) is 9.01. The number of hydrogen-bond acceptors (Lipinski definition) is 4. The van der Waals surface area contributed by atoms with Gasteiger partial charge < -0.3 is 5.73 Å². The first-order valence-electron chi connectivity index (χ1n) is 5.37. The molecule has 3 rings (SSSR count). The molecule has 0 fully saturated rings. The van der Waals surface area contributed by atoms with E-state index >= 15 is 0 Å². The fourth-order valence-corrected chi connectivity index (χ4v) is 2.07. The molecule has 5 heteroatoms. The van der Waals surface area contributed by atoms with E-state index in [0.717, 1.165) is 23.4 Å². The summed E-state index contributed by atoms with van der Waals surface area (Å²) in [5.41, 5.74) is 7.78. The van der Waals surface area contributed by atoms with Crippen molar-refractivity contribution in [1.29, 1.82) is 0 Å². The first-order chi connectivity index (χ1) is 7.79. The third-order valence-electron chi connectivity index (χ3n) is 2.79. The summed E-state index contributed by atoms with van der Waals surface area (Å²) in [6, 6.07) is 8.02. The number of nitrogens with zero attached hydrogens (tertiary/aromatic N) is 3. The largest absolute Gasteiger partial charge is 0.370 e. The molecule has 1 aliphatic heterocycles. The molecule has 2 aromatic rings. The predicted octanol–water partition coefficient (Wildman–Crippen LogP) is 1.69. The average molecular weight is 215 g/mol. The van der Waals surface area contributed by atoms with E-state index in [4.69, 9.17) is 5.73 Å². The molecule has 0 spiro atoms. The Hall–Kier alpha value is -2.04. The molecule has 1 aliphatic rings. The highest BCUT2D eigenvalue weighted by Crippen LogP contribution is 2.29. The van der Waals surface area contributed by atoms with Crippen molar-refractivity contribution < 1.29 is 0 Å². The fraction of sp³-hybridized carbons (Fsp3) is 0.273. The van der Waals surface area contributed by atoms with Crippen molar-refractivity contribution in [2.24, 2.45) is 10.7 Å². The number of anilines is 1. The van der Waals surface area contributed by atoms with E-state index < -0.39 is 0 Å². The van der Waals surface area contributed by atoms with Crippen LogP contribution in [0.1, 0.15) is 19.5 Å². The van der Waals surface area contributed by atoms with Crippen LogP contribution in [0.3, 0.4) is 0 Å². The summed E-state index contributed by atoms with van der Waals surface area (Å²) in [5.74, 6) is 1.22. The molecule has 0 aliphatic carbocycles. The molecule has 1 aromatic heterocycles. The lowest BCUT2D eigenvalue weighted by molar-refractivity contribution is 0.519. The first kappa shape index (κ1) is 9.21. The highest BCUT2D eigenvalue weighted by molar-refractivity contribution is 5.94. The Morgan fingerprint density at radius 2 is 2.25 bits per heavy atom. The monoisotopic (exact) mass is 215 g/mol. The molecule has 2 heterocycles. The van der Waals surface area contributed by atoms with Gasteiger partial charge in [0.05, 0.1) is 11.0 Å². The number of fused-ring (bicyclic) bond motifs is 3. The second kappa shape index (κ2) is 3.23. The third kappa shape index (κ3) is 1.18. The van der Waals surface area contributed by atoms with Gasteiger partial charge in [-0.2, -0.15) is 0 Å². The predicted molar refractivity (Wildman–Crippen MR) is 64.3 cm³/mol. The minimum absolute atomic E-state index is 0.0450. The maximum absolute atomic E-state index is 5.72. The van der Waals surface area contributed by atoms with E-state index in [1.807, 2.05) is 24.3 Å². The number of imidazole rings is 1. The molecule has 16 heavy (non-hydrogen) atoms. The Kier molecular flexibility index (Phi) is 1.86. The lowest BCUT2D eigenvalue weighted by Gasteiger charge is -2.22.